The molecule has 1 unspecified atom stereocenters. The molecule has 15 heavy (non-hydrogen) atoms. The number of imidazole rings is 1. The maximum Gasteiger partial charge on any atom is 0.151 e. The molecule has 2 rings (SSSR count). The van der Waals surface area contributed by atoms with Gasteiger partial charge in [-0.05, 0) is 18.1 Å². The van der Waals surface area contributed by atoms with Crippen molar-refractivity contribution in [2.75, 3.05) is 0 Å². The maximum atomic E-state index is 5.98. The smallest absolute Gasteiger partial charge is 0.151 e. The van der Waals surface area contributed by atoms with Gasteiger partial charge in [-0.2, -0.15) is 0 Å². The minimum Gasteiger partial charge on any atom is -0.463 e. The minimum atomic E-state index is -0.0614. The highest BCUT2D eigenvalue weighted by Crippen LogP contribution is 2.21. The number of H-pyrrole nitrogens is 1. The number of aromatic amines is 1. The van der Waals surface area contributed by atoms with Crippen LogP contribution in [-0.2, 0) is 0 Å². The van der Waals surface area contributed by atoms with Crippen molar-refractivity contribution in [3.8, 4) is 11.5 Å². The highest BCUT2D eigenvalue weighted by atomic mass is 16.3. The van der Waals surface area contributed by atoms with Gasteiger partial charge in [-0.3, -0.25) is 0 Å². The van der Waals surface area contributed by atoms with Gasteiger partial charge in [0.1, 0.15) is 11.5 Å². The summed E-state index contributed by atoms with van der Waals surface area (Å²) in [6, 6.07) is 3.67. The molecular weight excluding hydrogens is 190 g/mol. The Bertz CT molecular complexity index is 417. The minimum absolute atomic E-state index is 0.0614. The molecule has 0 spiro atoms. The zero-order valence-electron chi connectivity index (χ0n) is 8.90. The molecule has 2 heterocycles. The lowest BCUT2D eigenvalue weighted by Gasteiger charge is -2.11. The third kappa shape index (κ3) is 1.94. The summed E-state index contributed by atoms with van der Waals surface area (Å²) < 4.78 is 5.26. The summed E-state index contributed by atoms with van der Waals surface area (Å²) in [5.41, 5.74) is 6.85. The van der Waals surface area contributed by atoms with Crippen LogP contribution in [0.15, 0.2) is 29.0 Å². The number of nitrogens with two attached hydrogens (primary N) is 1. The number of hydrogen-bond acceptors (Lipinski definition) is 3. The molecule has 3 N–H and O–H groups in total. The van der Waals surface area contributed by atoms with Gasteiger partial charge in [0.05, 0.1) is 18.5 Å². The molecule has 0 aliphatic carbocycles. The van der Waals surface area contributed by atoms with Crippen molar-refractivity contribution in [2.45, 2.75) is 19.9 Å². The molecular formula is C11H15N3O. The predicted molar refractivity (Wildman–Crippen MR) is 58.1 cm³/mol. The van der Waals surface area contributed by atoms with Crippen LogP contribution in [0, 0.1) is 5.92 Å². The fraction of sp³-hybridized carbons (Fsp3) is 0.364. The van der Waals surface area contributed by atoms with Gasteiger partial charge in [-0.15, -0.1) is 0 Å². The van der Waals surface area contributed by atoms with Gasteiger partial charge in [-0.25, -0.2) is 4.98 Å². The molecule has 4 heteroatoms. The predicted octanol–water partition coefficient (Wildman–Crippen LogP) is 2.33. The van der Waals surface area contributed by atoms with Gasteiger partial charge in [0, 0.05) is 0 Å². The van der Waals surface area contributed by atoms with E-state index in [-0.39, 0.29) is 6.04 Å². The van der Waals surface area contributed by atoms with E-state index < -0.39 is 0 Å². The van der Waals surface area contributed by atoms with E-state index >= 15 is 0 Å². The van der Waals surface area contributed by atoms with E-state index in [0.29, 0.717) is 5.92 Å². The van der Waals surface area contributed by atoms with Crippen molar-refractivity contribution in [1.82, 2.24) is 9.97 Å². The number of furan rings is 1. The lowest BCUT2D eigenvalue weighted by Crippen LogP contribution is -2.18. The van der Waals surface area contributed by atoms with E-state index in [9.17, 15) is 0 Å². The van der Waals surface area contributed by atoms with Crippen molar-refractivity contribution in [3.63, 3.8) is 0 Å². The summed E-state index contributed by atoms with van der Waals surface area (Å²) in [4.78, 5) is 7.42. The topological polar surface area (TPSA) is 67.8 Å². The highest BCUT2D eigenvalue weighted by Gasteiger charge is 2.14. The Hall–Kier alpha value is -1.55. The second-order valence-corrected chi connectivity index (χ2v) is 3.93. The first-order valence-electron chi connectivity index (χ1n) is 5.03. The molecule has 0 aliphatic rings. The largest absolute Gasteiger partial charge is 0.463 e. The van der Waals surface area contributed by atoms with Crippen LogP contribution in [0.1, 0.15) is 25.7 Å². The molecule has 0 radical (unpaired) electrons. The molecule has 0 aromatic carbocycles. The van der Waals surface area contributed by atoms with Crippen LogP contribution in [0.3, 0.4) is 0 Å². The number of nitrogens with zero attached hydrogens (tertiary/aromatic N) is 1. The third-order valence-corrected chi connectivity index (χ3v) is 2.42. The molecule has 1 atom stereocenters. The summed E-state index contributed by atoms with van der Waals surface area (Å²) >= 11 is 0. The van der Waals surface area contributed by atoms with Crippen LogP contribution in [0.25, 0.3) is 11.5 Å². The quantitative estimate of drug-likeness (QED) is 0.808. The van der Waals surface area contributed by atoms with Gasteiger partial charge in [0.15, 0.2) is 5.76 Å². The number of aromatic nitrogens is 2. The van der Waals surface area contributed by atoms with Crippen LogP contribution >= 0.6 is 0 Å². The zero-order valence-corrected chi connectivity index (χ0v) is 8.90. The van der Waals surface area contributed by atoms with Crippen molar-refractivity contribution in [3.05, 3.63) is 30.4 Å². The normalized spacial score (nSPS) is 13.3. The second-order valence-electron chi connectivity index (χ2n) is 3.93. The number of rotatable bonds is 3. The molecule has 0 saturated heterocycles. The molecule has 2 aromatic heterocycles. The Morgan fingerprint density at radius 3 is 2.87 bits per heavy atom. The monoisotopic (exact) mass is 205 g/mol. The fourth-order valence-corrected chi connectivity index (χ4v) is 1.38. The average Bonchev–Trinajstić information content (AvgIpc) is 2.86. The van der Waals surface area contributed by atoms with E-state index in [1.165, 1.54) is 0 Å². The number of nitrogens with one attached hydrogen (secondary N) is 1. The van der Waals surface area contributed by atoms with Gasteiger partial charge < -0.3 is 15.1 Å². The lowest BCUT2D eigenvalue weighted by molar-refractivity contribution is 0.494. The maximum absolute atomic E-state index is 5.98. The summed E-state index contributed by atoms with van der Waals surface area (Å²) in [7, 11) is 0. The average molecular weight is 205 g/mol. The summed E-state index contributed by atoms with van der Waals surface area (Å²) in [5, 5.41) is 0. The molecule has 0 fully saturated rings. The SMILES string of the molecule is CC(C)C(N)c1ncc(-c2ccco2)[nH]1. The third-order valence-electron chi connectivity index (χ3n) is 2.42. The van der Waals surface area contributed by atoms with E-state index in [1.54, 1.807) is 12.5 Å². The van der Waals surface area contributed by atoms with Crippen molar-refractivity contribution in [2.24, 2.45) is 11.7 Å². The molecule has 0 bridgehead atoms. The highest BCUT2D eigenvalue weighted by molar-refractivity contribution is 5.50. The Kier molecular flexibility index (Phi) is 2.60. The Balaban J connectivity index is 2.25. The van der Waals surface area contributed by atoms with Gasteiger partial charge >= 0.3 is 0 Å². The van der Waals surface area contributed by atoms with Crippen LogP contribution < -0.4 is 5.73 Å². The first kappa shape index (κ1) is 9.98. The first-order chi connectivity index (χ1) is 7.18. The molecule has 2 aromatic rings. The Morgan fingerprint density at radius 1 is 1.47 bits per heavy atom. The van der Waals surface area contributed by atoms with Crippen molar-refractivity contribution >= 4 is 0 Å². The summed E-state index contributed by atoms with van der Waals surface area (Å²) in [6.07, 6.45) is 3.38. The van der Waals surface area contributed by atoms with E-state index in [0.717, 1.165) is 17.3 Å². The van der Waals surface area contributed by atoms with Crippen LogP contribution in [-0.4, -0.2) is 9.97 Å². The van der Waals surface area contributed by atoms with Crippen LogP contribution in [0.2, 0.25) is 0 Å². The van der Waals surface area contributed by atoms with Gasteiger partial charge in [0.2, 0.25) is 0 Å². The molecule has 80 valence electrons. The van der Waals surface area contributed by atoms with Gasteiger partial charge in [-0.1, -0.05) is 13.8 Å². The zero-order chi connectivity index (χ0) is 10.8. The van der Waals surface area contributed by atoms with E-state index in [1.807, 2.05) is 12.1 Å². The van der Waals surface area contributed by atoms with Crippen LogP contribution in [0.5, 0.6) is 0 Å². The van der Waals surface area contributed by atoms with E-state index in [2.05, 4.69) is 23.8 Å². The Morgan fingerprint density at radius 2 is 2.27 bits per heavy atom. The van der Waals surface area contributed by atoms with Gasteiger partial charge in [0.25, 0.3) is 0 Å². The summed E-state index contributed by atoms with van der Waals surface area (Å²) in [6.45, 7) is 4.14. The lowest BCUT2D eigenvalue weighted by atomic mass is 10.1. The molecule has 0 saturated carbocycles. The van der Waals surface area contributed by atoms with Crippen molar-refractivity contribution < 1.29 is 4.42 Å². The second kappa shape index (κ2) is 3.90. The number of hydrogen-bond donors (Lipinski definition) is 2. The summed E-state index contributed by atoms with van der Waals surface area (Å²) in [5.74, 6) is 1.95. The molecule has 0 aliphatic heterocycles. The van der Waals surface area contributed by atoms with Crippen LogP contribution in [0.4, 0.5) is 0 Å². The Labute approximate surface area is 88.5 Å². The molecule has 4 nitrogen and oxygen atoms in total. The molecule has 0 amide bonds. The fourth-order valence-electron chi connectivity index (χ4n) is 1.38. The first-order valence-corrected chi connectivity index (χ1v) is 5.03. The van der Waals surface area contributed by atoms with E-state index in [4.69, 9.17) is 10.2 Å². The standard InChI is InChI=1S/C11H15N3O/c1-7(2)10(12)11-13-6-8(14-11)9-4-3-5-15-9/h3-7,10H,12H2,1-2H3,(H,13,14). The van der Waals surface area contributed by atoms with Crippen molar-refractivity contribution in [1.29, 1.82) is 0 Å².